The van der Waals surface area contributed by atoms with Crippen LogP contribution in [0.25, 0.3) is 0 Å². The highest BCUT2D eigenvalue weighted by Crippen LogP contribution is 2.34. The van der Waals surface area contributed by atoms with Crippen LogP contribution in [0.4, 0.5) is 11.4 Å². The number of benzene rings is 2. The number of hydrogen-bond acceptors (Lipinski definition) is 3. The number of nitrogens with zero attached hydrogens (tertiary/aromatic N) is 1. The van der Waals surface area contributed by atoms with Crippen molar-refractivity contribution in [1.29, 1.82) is 0 Å². The Labute approximate surface area is 170 Å². The fraction of sp³-hybridized carbons (Fsp3) is 0.400. The molecule has 0 spiro atoms. The fourth-order valence-electron chi connectivity index (χ4n) is 3.26. The van der Waals surface area contributed by atoms with Crippen LogP contribution in [0, 0.1) is 0 Å². The first-order chi connectivity index (χ1) is 12.6. The molecule has 140 valence electrons. The van der Waals surface area contributed by atoms with E-state index in [1.165, 1.54) is 19.3 Å². The van der Waals surface area contributed by atoms with Crippen LogP contribution in [-0.4, -0.2) is 19.7 Å². The predicted molar refractivity (Wildman–Crippen MR) is 112 cm³/mol. The van der Waals surface area contributed by atoms with Gasteiger partial charge in [0.2, 0.25) is 0 Å². The van der Waals surface area contributed by atoms with E-state index in [9.17, 15) is 0 Å². The second kappa shape index (κ2) is 9.07. The Kier molecular flexibility index (Phi) is 6.80. The number of rotatable bonds is 6. The molecule has 0 bridgehead atoms. The van der Waals surface area contributed by atoms with Crippen molar-refractivity contribution in [3.63, 3.8) is 0 Å². The van der Waals surface area contributed by atoms with Gasteiger partial charge in [-0.1, -0.05) is 34.8 Å². The topological polar surface area (TPSA) is 24.5 Å². The number of halogens is 3. The van der Waals surface area contributed by atoms with Gasteiger partial charge in [-0.05, 0) is 56.5 Å². The van der Waals surface area contributed by atoms with Crippen molar-refractivity contribution in [3.8, 4) is 5.75 Å². The lowest BCUT2D eigenvalue weighted by molar-refractivity contribution is 0.337. The average molecular weight is 414 g/mol. The zero-order chi connectivity index (χ0) is 18.5. The van der Waals surface area contributed by atoms with E-state index < -0.39 is 0 Å². The Morgan fingerprint density at radius 3 is 2.46 bits per heavy atom. The average Bonchev–Trinajstić information content (AvgIpc) is 2.63. The number of piperidine rings is 1. The van der Waals surface area contributed by atoms with Crippen LogP contribution < -0.4 is 15.0 Å². The highest BCUT2D eigenvalue weighted by Gasteiger charge is 2.15. The summed E-state index contributed by atoms with van der Waals surface area (Å²) >= 11 is 18.9. The summed E-state index contributed by atoms with van der Waals surface area (Å²) in [5.74, 6) is 0.669. The van der Waals surface area contributed by atoms with Gasteiger partial charge in [-0.2, -0.15) is 0 Å². The molecule has 1 fully saturated rings. The molecule has 6 heteroatoms. The van der Waals surface area contributed by atoms with E-state index >= 15 is 0 Å². The van der Waals surface area contributed by atoms with Gasteiger partial charge in [0.25, 0.3) is 0 Å². The molecule has 0 radical (unpaired) electrons. The van der Waals surface area contributed by atoms with Crippen molar-refractivity contribution < 1.29 is 4.74 Å². The van der Waals surface area contributed by atoms with Crippen LogP contribution in [-0.2, 0) is 6.54 Å². The molecular formula is C20H23Cl3N2O. The van der Waals surface area contributed by atoms with Crippen molar-refractivity contribution in [2.45, 2.75) is 32.7 Å². The highest BCUT2D eigenvalue weighted by molar-refractivity contribution is 6.35. The van der Waals surface area contributed by atoms with Crippen molar-refractivity contribution in [1.82, 2.24) is 0 Å². The van der Waals surface area contributed by atoms with Gasteiger partial charge >= 0.3 is 0 Å². The maximum absolute atomic E-state index is 6.53. The van der Waals surface area contributed by atoms with E-state index in [0.29, 0.717) is 28.9 Å². The van der Waals surface area contributed by atoms with Crippen LogP contribution in [0.2, 0.25) is 15.1 Å². The van der Waals surface area contributed by atoms with Crippen molar-refractivity contribution >= 4 is 46.2 Å². The molecule has 0 saturated carbocycles. The van der Waals surface area contributed by atoms with Crippen molar-refractivity contribution in [2.24, 2.45) is 0 Å². The minimum atomic E-state index is 0.523. The van der Waals surface area contributed by atoms with Crippen LogP contribution in [0.15, 0.2) is 30.3 Å². The molecular weight excluding hydrogens is 391 g/mol. The van der Waals surface area contributed by atoms with E-state index in [-0.39, 0.29) is 0 Å². The van der Waals surface area contributed by atoms with Gasteiger partial charge in [-0.25, -0.2) is 0 Å². The lowest BCUT2D eigenvalue weighted by atomic mass is 10.1. The maximum Gasteiger partial charge on any atom is 0.142 e. The highest BCUT2D eigenvalue weighted by atomic mass is 35.5. The molecule has 0 aromatic heterocycles. The van der Waals surface area contributed by atoms with E-state index in [1.54, 1.807) is 6.07 Å². The Morgan fingerprint density at radius 2 is 1.77 bits per heavy atom. The minimum Gasteiger partial charge on any atom is -0.492 e. The standard InChI is InChI=1S/C20H23Cl3N2O/c1-2-26-20-14(10-15(21)11-18(20)23)13-24-16-6-7-19(17(22)12-16)25-8-4-3-5-9-25/h6-7,10-12,24H,2-5,8-9,13H2,1H3. The van der Waals surface area contributed by atoms with Crippen molar-refractivity contribution in [2.75, 3.05) is 29.9 Å². The maximum atomic E-state index is 6.53. The zero-order valence-corrected chi connectivity index (χ0v) is 17.1. The molecule has 1 N–H and O–H groups in total. The molecule has 1 aliphatic heterocycles. The molecule has 2 aromatic carbocycles. The summed E-state index contributed by atoms with van der Waals surface area (Å²) in [7, 11) is 0. The molecule has 1 aliphatic rings. The number of nitrogens with one attached hydrogen (secondary N) is 1. The Morgan fingerprint density at radius 1 is 1.00 bits per heavy atom. The van der Waals surface area contributed by atoms with Crippen LogP contribution in [0.5, 0.6) is 5.75 Å². The smallest absolute Gasteiger partial charge is 0.142 e. The van der Waals surface area contributed by atoms with E-state index in [2.05, 4.69) is 22.3 Å². The van der Waals surface area contributed by atoms with E-state index in [1.807, 2.05) is 19.1 Å². The summed E-state index contributed by atoms with van der Waals surface area (Å²) in [6.07, 6.45) is 3.76. The Balaban J connectivity index is 1.73. The fourth-order valence-corrected chi connectivity index (χ4v) is 4.15. The van der Waals surface area contributed by atoms with Crippen LogP contribution in [0.1, 0.15) is 31.7 Å². The minimum absolute atomic E-state index is 0.523. The number of ether oxygens (including phenoxy) is 1. The summed E-state index contributed by atoms with van der Waals surface area (Å²) < 4.78 is 5.67. The molecule has 2 aromatic rings. The third kappa shape index (κ3) is 4.70. The second-order valence-electron chi connectivity index (χ2n) is 6.38. The molecule has 1 heterocycles. The summed E-state index contributed by atoms with van der Waals surface area (Å²) in [6.45, 7) is 5.18. The quantitative estimate of drug-likeness (QED) is 0.574. The third-order valence-corrected chi connectivity index (χ3v) is 5.30. The van der Waals surface area contributed by atoms with E-state index in [0.717, 1.165) is 35.1 Å². The summed E-state index contributed by atoms with van der Waals surface area (Å²) in [5.41, 5.74) is 2.98. The summed E-state index contributed by atoms with van der Waals surface area (Å²) in [5, 5.41) is 5.27. The van der Waals surface area contributed by atoms with Gasteiger partial charge in [-0.15, -0.1) is 0 Å². The molecule has 3 rings (SSSR count). The van der Waals surface area contributed by atoms with Crippen molar-refractivity contribution in [3.05, 3.63) is 51.0 Å². The first kappa shape index (κ1) is 19.5. The Hall–Kier alpha value is -1.29. The SMILES string of the molecule is CCOc1c(Cl)cc(Cl)cc1CNc1ccc(N2CCCCC2)c(Cl)c1. The molecule has 0 aliphatic carbocycles. The van der Waals surface area contributed by atoms with Gasteiger partial charge in [0.15, 0.2) is 0 Å². The first-order valence-corrected chi connectivity index (χ1v) is 10.1. The molecule has 0 unspecified atom stereocenters. The van der Waals surface area contributed by atoms with E-state index in [4.69, 9.17) is 39.5 Å². The normalized spacial score (nSPS) is 14.4. The predicted octanol–water partition coefficient (Wildman–Crippen LogP) is 6.65. The molecule has 0 atom stereocenters. The van der Waals surface area contributed by atoms with Gasteiger partial charge in [0.1, 0.15) is 5.75 Å². The van der Waals surface area contributed by atoms with Gasteiger partial charge < -0.3 is 15.0 Å². The first-order valence-electron chi connectivity index (χ1n) is 8.97. The van der Waals surface area contributed by atoms with Crippen LogP contribution in [0.3, 0.4) is 0 Å². The molecule has 3 nitrogen and oxygen atoms in total. The second-order valence-corrected chi connectivity index (χ2v) is 7.63. The Bertz CT molecular complexity index is 761. The molecule has 1 saturated heterocycles. The molecule has 0 amide bonds. The van der Waals surface area contributed by atoms with Gasteiger partial charge in [0, 0.05) is 35.9 Å². The van der Waals surface area contributed by atoms with Gasteiger partial charge in [0.05, 0.1) is 22.3 Å². The lowest BCUT2D eigenvalue weighted by Gasteiger charge is -2.29. The van der Waals surface area contributed by atoms with Gasteiger partial charge in [-0.3, -0.25) is 0 Å². The van der Waals surface area contributed by atoms with Crippen LogP contribution >= 0.6 is 34.8 Å². The third-order valence-electron chi connectivity index (χ3n) is 4.50. The number of anilines is 2. The lowest BCUT2D eigenvalue weighted by Crippen LogP contribution is -2.29. The number of hydrogen-bond donors (Lipinski definition) is 1. The molecule has 26 heavy (non-hydrogen) atoms. The summed E-state index contributed by atoms with van der Waals surface area (Å²) in [6, 6.07) is 9.68. The zero-order valence-electron chi connectivity index (χ0n) is 14.8. The largest absolute Gasteiger partial charge is 0.492 e. The monoisotopic (exact) mass is 412 g/mol. The summed E-state index contributed by atoms with van der Waals surface area (Å²) in [4.78, 5) is 2.36.